The van der Waals surface area contributed by atoms with E-state index >= 15 is 0 Å². The Morgan fingerprint density at radius 2 is 2.27 bits per heavy atom. The highest BCUT2D eigenvalue weighted by molar-refractivity contribution is 5.19. The number of rotatable bonds is 0. The molecule has 11 heavy (non-hydrogen) atoms. The van der Waals surface area contributed by atoms with E-state index in [0.717, 1.165) is 5.57 Å². The van der Waals surface area contributed by atoms with Gasteiger partial charge in [0, 0.05) is 12.5 Å². The summed E-state index contributed by atoms with van der Waals surface area (Å²) in [7, 11) is 0. The van der Waals surface area contributed by atoms with Gasteiger partial charge in [-0.25, -0.2) is 0 Å². The number of hydrogen-bond acceptors (Lipinski definition) is 3. The molecular weight excluding hydrogens is 142 g/mol. The van der Waals surface area contributed by atoms with E-state index in [9.17, 15) is 5.11 Å². The molecule has 0 aromatic heterocycles. The van der Waals surface area contributed by atoms with Gasteiger partial charge in [-0.05, 0) is 18.4 Å². The van der Waals surface area contributed by atoms with Crippen molar-refractivity contribution >= 4 is 0 Å². The number of allylic oxidation sites excluding steroid dienone is 1. The highest BCUT2D eigenvalue weighted by Crippen LogP contribution is 2.23. The Kier molecular flexibility index (Phi) is 2.64. The molecule has 3 heteroatoms. The molecule has 2 N–H and O–H groups in total. The monoisotopic (exact) mass is 153 g/mol. The minimum absolute atomic E-state index is 0.369. The van der Waals surface area contributed by atoms with Gasteiger partial charge >= 0.3 is 0 Å². The maximum absolute atomic E-state index is 9.29. The Morgan fingerprint density at radius 1 is 1.55 bits per heavy atom. The molecule has 3 nitrogen and oxygen atoms in total. The molecule has 0 radical (unpaired) electrons. The van der Waals surface area contributed by atoms with E-state index in [2.05, 4.69) is 0 Å². The Labute approximate surface area is 65.6 Å². The zero-order valence-corrected chi connectivity index (χ0v) is 6.20. The summed E-state index contributed by atoms with van der Waals surface area (Å²) in [5.74, 6) is 0. The first-order chi connectivity index (χ1) is 5.24. The molecule has 0 heterocycles. The summed E-state index contributed by atoms with van der Waals surface area (Å²) < 4.78 is 0. The van der Waals surface area contributed by atoms with Gasteiger partial charge in [-0.2, -0.15) is 5.26 Å². The van der Waals surface area contributed by atoms with Crippen LogP contribution in [0, 0.1) is 11.3 Å². The maximum Gasteiger partial charge on any atom is 0.0912 e. The summed E-state index contributed by atoms with van der Waals surface area (Å²) in [4.78, 5) is 0. The number of aliphatic hydroxyl groups is 2. The van der Waals surface area contributed by atoms with E-state index in [1.54, 1.807) is 0 Å². The molecule has 0 unspecified atom stereocenters. The Balaban J connectivity index is 2.59. The first-order valence-corrected chi connectivity index (χ1v) is 3.68. The van der Waals surface area contributed by atoms with Gasteiger partial charge in [0.25, 0.3) is 0 Å². The molecule has 1 rings (SSSR count). The second kappa shape index (κ2) is 3.51. The normalized spacial score (nSPS) is 35.2. The summed E-state index contributed by atoms with van der Waals surface area (Å²) in [5.41, 5.74) is 0.748. The molecule has 2 atom stereocenters. The fourth-order valence-electron chi connectivity index (χ4n) is 1.28. The van der Waals surface area contributed by atoms with Gasteiger partial charge < -0.3 is 10.2 Å². The van der Waals surface area contributed by atoms with Gasteiger partial charge in [-0.15, -0.1) is 0 Å². The van der Waals surface area contributed by atoms with Crippen molar-refractivity contribution in [1.82, 2.24) is 0 Å². The van der Waals surface area contributed by atoms with Gasteiger partial charge in [0.15, 0.2) is 0 Å². The molecule has 60 valence electrons. The molecule has 1 saturated carbocycles. The third-order valence-corrected chi connectivity index (χ3v) is 1.94. The van der Waals surface area contributed by atoms with Crippen LogP contribution >= 0.6 is 0 Å². The van der Waals surface area contributed by atoms with Crippen LogP contribution in [0.3, 0.4) is 0 Å². The van der Waals surface area contributed by atoms with E-state index in [-0.39, 0.29) is 0 Å². The Morgan fingerprint density at radius 3 is 2.82 bits per heavy atom. The van der Waals surface area contributed by atoms with Gasteiger partial charge in [-0.3, -0.25) is 0 Å². The van der Waals surface area contributed by atoms with Crippen molar-refractivity contribution in [3.63, 3.8) is 0 Å². The van der Waals surface area contributed by atoms with Crippen LogP contribution in [0.1, 0.15) is 19.3 Å². The molecule has 1 fully saturated rings. The molecule has 0 bridgehead atoms. The molecule has 1 aliphatic rings. The lowest BCUT2D eigenvalue weighted by atomic mass is 9.90. The van der Waals surface area contributed by atoms with Crippen LogP contribution in [-0.2, 0) is 0 Å². The average molecular weight is 153 g/mol. The molecule has 0 aromatic rings. The van der Waals surface area contributed by atoms with E-state index < -0.39 is 12.2 Å². The van der Waals surface area contributed by atoms with Crippen LogP contribution in [0.2, 0.25) is 0 Å². The maximum atomic E-state index is 9.29. The van der Waals surface area contributed by atoms with Crippen LogP contribution in [0.15, 0.2) is 11.6 Å². The molecule has 0 saturated heterocycles. The molecule has 0 spiro atoms. The topological polar surface area (TPSA) is 64.2 Å². The number of aliphatic hydroxyl groups excluding tert-OH is 2. The molecule has 0 aliphatic heterocycles. The van der Waals surface area contributed by atoms with Gasteiger partial charge in [0.05, 0.1) is 18.3 Å². The first-order valence-electron chi connectivity index (χ1n) is 3.68. The highest BCUT2D eigenvalue weighted by Gasteiger charge is 2.21. The second-order valence-electron chi connectivity index (χ2n) is 2.79. The van der Waals surface area contributed by atoms with E-state index in [1.165, 1.54) is 6.08 Å². The predicted molar refractivity (Wildman–Crippen MR) is 39.6 cm³/mol. The van der Waals surface area contributed by atoms with Crippen LogP contribution in [0.4, 0.5) is 0 Å². The van der Waals surface area contributed by atoms with Crippen LogP contribution < -0.4 is 0 Å². The van der Waals surface area contributed by atoms with Crippen molar-refractivity contribution in [2.24, 2.45) is 0 Å². The van der Waals surface area contributed by atoms with Gasteiger partial charge in [0.1, 0.15) is 0 Å². The summed E-state index contributed by atoms with van der Waals surface area (Å²) in [6, 6.07) is 1.88. The lowest BCUT2D eigenvalue weighted by Crippen LogP contribution is -2.25. The first kappa shape index (κ1) is 8.25. The number of nitrogens with zero attached hydrogens (tertiary/aromatic N) is 1. The Bertz CT molecular complexity index is 205. The largest absolute Gasteiger partial charge is 0.393 e. The number of hydrogen-bond donors (Lipinski definition) is 2. The summed E-state index contributed by atoms with van der Waals surface area (Å²) in [6.07, 6.45) is 2.02. The van der Waals surface area contributed by atoms with Crippen molar-refractivity contribution < 1.29 is 10.2 Å². The van der Waals surface area contributed by atoms with Crippen molar-refractivity contribution in [2.75, 3.05) is 0 Å². The second-order valence-corrected chi connectivity index (χ2v) is 2.79. The van der Waals surface area contributed by atoms with Crippen molar-refractivity contribution in [2.45, 2.75) is 31.5 Å². The minimum Gasteiger partial charge on any atom is -0.393 e. The summed E-state index contributed by atoms with van der Waals surface area (Å²) in [5, 5.41) is 26.7. The minimum atomic E-state index is -0.613. The van der Waals surface area contributed by atoms with E-state index in [4.69, 9.17) is 10.4 Å². The van der Waals surface area contributed by atoms with Crippen LogP contribution in [0.25, 0.3) is 0 Å². The molecule has 0 aromatic carbocycles. The van der Waals surface area contributed by atoms with E-state index in [0.29, 0.717) is 19.3 Å². The third kappa shape index (κ3) is 2.04. The zero-order valence-electron chi connectivity index (χ0n) is 6.20. The van der Waals surface area contributed by atoms with Crippen LogP contribution in [-0.4, -0.2) is 22.4 Å². The van der Waals surface area contributed by atoms with Gasteiger partial charge in [-0.1, -0.05) is 0 Å². The van der Waals surface area contributed by atoms with E-state index in [1.807, 2.05) is 6.07 Å². The van der Waals surface area contributed by atoms with Crippen molar-refractivity contribution in [3.05, 3.63) is 11.6 Å². The highest BCUT2D eigenvalue weighted by atomic mass is 16.3. The standard InChI is InChI=1S/C8H11NO2/c9-4-3-6-1-2-7(10)5-8(6)11/h3,7-8,10-11H,1-2,5H2/b6-3+/t7-,8-/m0/s1. The van der Waals surface area contributed by atoms with Crippen LogP contribution in [0.5, 0.6) is 0 Å². The molecular formula is C8H11NO2. The average Bonchev–Trinajstić information content (AvgIpc) is 1.95. The van der Waals surface area contributed by atoms with Crippen molar-refractivity contribution in [1.29, 1.82) is 5.26 Å². The quantitative estimate of drug-likeness (QED) is 0.493. The third-order valence-electron chi connectivity index (χ3n) is 1.94. The summed E-state index contributed by atoms with van der Waals surface area (Å²) >= 11 is 0. The lowest BCUT2D eigenvalue weighted by Gasteiger charge is -2.23. The Hall–Kier alpha value is -0.850. The smallest absolute Gasteiger partial charge is 0.0912 e. The summed E-state index contributed by atoms with van der Waals surface area (Å²) in [6.45, 7) is 0. The van der Waals surface area contributed by atoms with Crippen molar-refractivity contribution in [3.8, 4) is 6.07 Å². The zero-order chi connectivity index (χ0) is 8.27. The number of nitriles is 1. The fourth-order valence-corrected chi connectivity index (χ4v) is 1.28. The SMILES string of the molecule is N#C/C=C1\CC[C@H](O)C[C@@H]1O. The molecule has 1 aliphatic carbocycles. The fraction of sp³-hybridized carbons (Fsp3) is 0.625. The molecule has 0 amide bonds. The lowest BCUT2D eigenvalue weighted by molar-refractivity contribution is 0.0712. The predicted octanol–water partition coefficient (Wildman–Crippen LogP) is 0.342. The van der Waals surface area contributed by atoms with Gasteiger partial charge in [0.2, 0.25) is 0 Å².